The van der Waals surface area contributed by atoms with E-state index in [-0.39, 0.29) is 11.5 Å². The number of nitrogens with two attached hydrogens (primary N) is 1. The number of benzene rings is 1. The summed E-state index contributed by atoms with van der Waals surface area (Å²) in [5.74, 6) is -0.467. The maximum Gasteiger partial charge on any atom is 0.154 e. The molecule has 1 rings (SSSR count). The maximum atomic E-state index is 13.0. The first-order chi connectivity index (χ1) is 7.44. The lowest BCUT2D eigenvalue weighted by molar-refractivity contribution is 0.592. The minimum absolute atomic E-state index is 0.0550. The fraction of sp³-hybridized carbons (Fsp3) is 0.455. The predicted octanol–water partition coefficient (Wildman–Crippen LogP) is 1.40. The van der Waals surface area contributed by atoms with Gasteiger partial charge >= 0.3 is 0 Å². The Kier molecular flexibility index (Phi) is 4.44. The molecule has 5 heteroatoms. The third-order valence-electron chi connectivity index (χ3n) is 2.35. The fourth-order valence-electron chi connectivity index (χ4n) is 1.41. The van der Waals surface area contributed by atoms with Gasteiger partial charge < -0.3 is 5.73 Å². The molecule has 0 unspecified atom stereocenters. The Bertz CT molecular complexity index is 457. The van der Waals surface area contributed by atoms with Crippen molar-refractivity contribution >= 4 is 9.84 Å². The summed E-state index contributed by atoms with van der Waals surface area (Å²) in [5, 5.41) is 0. The molecule has 0 aliphatic carbocycles. The summed E-state index contributed by atoms with van der Waals surface area (Å²) >= 11 is 0. The molecule has 90 valence electrons. The molecule has 0 amide bonds. The highest BCUT2D eigenvalue weighted by molar-refractivity contribution is 7.90. The highest BCUT2D eigenvalue weighted by Crippen LogP contribution is 2.14. The average molecular weight is 245 g/mol. The van der Waals surface area contributed by atoms with Crippen LogP contribution in [-0.4, -0.2) is 20.7 Å². The summed E-state index contributed by atoms with van der Waals surface area (Å²) in [7, 11) is -3.18. The van der Waals surface area contributed by atoms with Crippen molar-refractivity contribution in [3.63, 3.8) is 0 Å². The minimum atomic E-state index is -3.18. The molecule has 0 heterocycles. The first kappa shape index (κ1) is 13.1. The lowest BCUT2D eigenvalue weighted by atomic mass is 10.1. The average Bonchev–Trinajstić information content (AvgIpc) is 2.20. The highest BCUT2D eigenvalue weighted by atomic mass is 32.2. The number of hydrogen-bond donors (Lipinski definition) is 1. The van der Waals surface area contributed by atoms with Gasteiger partial charge in [-0.05, 0) is 43.1 Å². The van der Waals surface area contributed by atoms with Gasteiger partial charge in [-0.2, -0.15) is 0 Å². The Morgan fingerprint density at radius 2 is 2.06 bits per heavy atom. The van der Waals surface area contributed by atoms with E-state index in [4.69, 9.17) is 5.73 Å². The van der Waals surface area contributed by atoms with Crippen LogP contribution in [0.4, 0.5) is 4.39 Å². The summed E-state index contributed by atoms with van der Waals surface area (Å²) in [5.41, 5.74) is 6.57. The highest BCUT2D eigenvalue weighted by Gasteiger charge is 2.13. The van der Waals surface area contributed by atoms with Crippen molar-refractivity contribution in [1.82, 2.24) is 0 Å². The third-order valence-corrected chi connectivity index (χ3v) is 4.01. The zero-order valence-corrected chi connectivity index (χ0v) is 10.1. The van der Waals surface area contributed by atoms with Crippen molar-refractivity contribution in [3.8, 4) is 0 Å². The van der Waals surface area contributed by atoms with Crippen molar-refractivity contribution in [2.75, 3.05) is 12.3 Å². The van der Waals surface area contributed by atoms with E-state index in [0.29, 0.717) is 18.5 Å². The molecular weight excluding hydrogens is 229 g/mol. The number of aryl methyl sites for hydroxylation is 1. The molecule has 0 atom stereocenters. The van der Waals surface area contributed by atoms with Crippen LogP contribution in [0.3, 0.4) is 0 Å². The molecule has 0 saturated carbocycles. The Balaban J connectivity index is 2.83. The molecule has 0 spiro atoms. The second-order valence-corrected chi connectivity index (χ2v) is 5.99. The minimum Gasteiger partial charge on any atom is -0.330 e. The Morgan fingerprint density at radius 1 is 1.38 bits per heavy atom. The second-order valence-electron chi connectivity index (χ2n) is 3.81. The van der Waals surface area contributed by atoms with E-state index >= 15 is 0 Å². The van der Waals surface area contributed by atoms with Gasteiger partial charge in [0.2, 0.25) is 0 Å². The van der Waals surface area contributed by atoms with Crippen molar-refractivity contribution in [2.45, 2.75) is 19.1 Å². The largest absolute Gasteiger partial charge is 0.330 e. The van der Waals surface area contributed by atoms with Crippen LogP contribution in [0, 0.1) is 12.7 Å². The van der Waals surface area contributed by atoms with Crippen LogP contribution >= 0.6 is 0 Å². The molecule has 0 aliphatic rings. The van der Waals surface area contributed by atoms with E-state index in [1.54, 1.807) is 13.0 Å². The molecular formula is C11H16FNO2S. The maximum absolute atomic E-state index is 13.0. The topological polar surface area (TPSA) is 60.2 Å². The van der Waals surface area contributed by atoms with E-state index in [2.05, 4.69) is 0 Å². The number of rotatable bonds is 5. The second kappa shape index (κ2) is 5.41. The van der Waals surface area contributed by atoms with Crippen molar-refractivity contribution in [1.29, 1.82) is 0 Å². The van der Waals surface area contributed by atoms with Gasteiger partial charge in [0.25, 0.3) is 0 Å². The van der Waals surface area contributed by atoms with Crippen LogP contribution in [0.5, 0.6) is 0 Å². The zero-order chi connectivity index (χ0) is 12.2. The monoisotopic (exact) mass is 245 g/mol. The smallest absolute Gasteiger partial charge is 0.154 e. The molecule has 1 aromatic rings. The lowest BCUT2D eigenvalue weighted by Gasteiger charge is -2.07. The normalized spacial score (nSPS) is 11.7. The van der Waals surface area contributed by atoms with Crippen LogP contribution in [-0.2, 0) is 15.6 Å². The Labute approximate surface area is 95.4 Å². The Morgan fingerprint density at radius 3 is 2.69 bits per heavy atom. The van der Waals surface area contributed by atoms with Gasteiger partial charge in [0.15, 0.2) is 9.84 Å². The number of hydrogen-bond acceptors (Lipinski definition) is 3. The molecule has 0 aromatic heterocycles. The quantitative estimate of drug-likeness (QED) is 0.853. The van der Waals surface area contributed by atoms with Crippen molar-refractivity contribution in [3.05, 3.63) is 35.1 Å². The van der Waals surface area contributed by atoms with E-state index < -0.39 is 15.7 Å². The fourth-order valence-corrected chi connectivity index (χ4v) is 2.94. The van der Waals surface area contributed by atoms with Crippen molar-refractivity contribution in [2.24, 2.45) is 5.73 Å². The van der Waals surface area contributed by atoms with Gasteiger partial charge in [-0.25, -0.2) is 12.8 Å². The van der Waals surface area contributed by atoms with Gasteiger partial charge in [0.05, 0.1) is 11.5 Å². The van der Waals surface area contributed by atoms with Crippen LogP contribution in [0.25, 0.3) is 0 Å². The zero-order valence-electron chi connectivity index (χ0n) is 9.24. The van der Waals surface area contributed by atoms with E-state index in [9.17, 15) is 12.8 Å². The van der Waals surface area contributed by atoms with Crippen LogP contribution in [0.15, 0.2) is 18.2 Å². The summed E-state index contributed by atoms with van der Waals surface area (Å²) in [6.07, 6.45) is 0.441. The molecule has 0 bridgehead atoms. The first-order valence-electron chi connectivity index (χ1n) is 5.10. The molecule has 0 fully saturated rings. The van der Waals surface area contributed by atoms with Crippen LogP contribution in [0.2, 0.25) is 0 Å². The molecule has 2 N–H and O–H groups in total. The Hall–Kier alpha value is -0.940. The van der Waals surface area contributed by atoms with Crippen LogP contribution in [0.1, 0.15) is 17.5 Å². The molecule has 1 aromatic carbocycles. The number of halogens is 1. The summed E-state index contributed by atoms with van der Waals surface area (Å²) in [4.78, 5) is 0. The van der Waals surface area contributed by atoms with Crippen LogP contribution < -0.4 is 5.73 Å². The molecule has 0 saturated heterocycles. The summed E-state index contributed by atoms with van der Waals surface area (Å²) in [6.45, 7) is 2.12. The van der Waals surface area contributed by atoms with Gasteiger partial charge in [-0.3, -0.25) is 0 Å². The van der Waals surface area contributed by atoms with E-state index in [1.165, 1.54) is 12.1 Å². The SMILES string of the molecule is Cc1ccc(F)cc1CS(=O)(=O)CCCN. The van der Waals surface area contributed by atoms with E-state index in [0.717, 1.165) is 5.56 Å². The predicted molar refractivity (Wildman–Crippen MR) is 62.3 cm³/mol. The summed E-state index contributed by atoms with van der Waals surface area (Å²) in [6, 6.07) is 4.18. The first-order valence-corrected chi connectivity index (χ1v) is 6.92. The lowest BCUT2D eigenvalue weighted by Crippen LogP contribution is -2.13. The standard InChI is InChI=1S/C11H16FNO2S/c1-9-3-4-11(12)7-10(9)8-16(14,15)6-2-5-13/h3-4,7H,2,5-6,8,13H2,1H3. The number of sulfone groups is 1. The molecule has 0 aliphatic heterocycles. The van der Waals surface area contributed by atoms with Gasteiger partial charge in [0, 0.05) is 0 Å². The van der Waals surface area contributed by atoms with Gasteiger partial charge in [-0.15, -0.1) is 0 Å². The summed E-state index contributed by atoms with van der Waals surface area (Å²) < 4.78 is 36.2. The molecule has 0 radical (unpaired) electrons. The van der Waals surface area contributed by atoms with Crippen molar-refractivity contribution < 1.29 is 12.8 Å². The van der Waals surface area contributed by atoms with Gasteiger partial charge in [-0.1, -0.05) is 6.07 Å². The third kappa shape index (κ3) is 3.90. The molecule has 16 heavy (non-hydrogen) atoms. The van der Waals surface area contributed by atoms with E-state index in [1.807, 2.05) is 0 Å². The molecule has 3 nitrogen and oxygen atoms in total. The van der Waals surface area contributed by atoms with Gasteiger partial charge in [0.1, 0.15) is 5.82 Å².